The van der Waals surface area contributed by atoms with Gasteiger partial charge >= 0.3 is 0 Å². The van der Waals surface area contributed by atoms with E-state index < -0.39 is 25.4 Å². The third-order valence-corrected chi connectivity index (χ3v) is 4.14. The van der Waals surface area contributed by atoms with Gasteiger partial charge in [-0.05, 0) is 66.2 Å². The first-order chi connectivity index (χ1) is 13.5. The molecule has 0 saturated heterocycles. The van der Waals surface area contributed by atoms with Crippen LogP contribution in [0.5, 0.6) is 11.5 Å². The van der Waals surface area contributed by atoms with Crippen LogP contribution < -0.4 is 4.74 Å². The summed E-state index contributed by atoms with van der Waals surface area (Å²) in [6.45, 7) is -1.00. The summed E-state index contributed by atoms with van der Waals surface area (Å²) in [6.07, 6.45) is -2.34. The third kappa shape index (κ3) is 4.71. The van der Waals surface area contributed by atoms with Crippen molar-refractivity contribution in [1.29, 1.82) is 0 Å². The SMILES string of the molecule is OC[C@H](O)c1cc(-c2ccc(Oc3ccc(F)cc3)cc2)nc([C@@H](O)CO)c1. The Kier molecular flexibility index (Phi) is 6.33. The van der Waals surface area contributed by atoms with Gasteiger partial charge in [0.25, 0.3) is 0 Å². The highest BCUT2D eigenvalue weighted by molar-refractivity contribution is 5.61. The maximum Gasteiger partial charge on any atom is 0.127 e. The van der Waals surface area contributed by atoms with Crippen molar-refractivity contribution >= 4 is 0 Å². The Hall–Kier alpha value is -2.84. The lowest BCUT2D eigenvalue weighted by molar-refractivity contribution is 0.0882. The zero-order chi connectivity index (χ0) is 20.1. The number of pyridine rings is 1. The van der Waals surface area contributed by atoms with Crippen LogP contribution in [0.15, 0.2) is 60.7 Å². The van der Waals surface area contributed by atoms with Crippen molar-refractivity contribution in [2.75, 3.05) is 13.2 Å². The molecule has 7 heteroatoms. The lowest BCUT2D eigenvalue weighted by Crippen LogP contribution is -2.10. The summed E-state index contributed by atoms with van der Waals surface area (Å²) >= 11 is 0. The molecule has 0 radical (unpaired) electrons. The van der Waals surface area contributed by atoms with Crippen molar-refractivity contribution in [3.05, 3.63) is 77.7 Å². The van der Waals surface area contributed by atoms with Crippen molar-refractivity contribution in [3.8, 4) is 22.8 Å². The van der Waals surface area contributed by atoms with Crippen molar-refractivity contribution in [1.82, 2.24) is 4.98 Å². The Balaban J connectivity index is 1.88. The van der Waals surface area contributed by atoms with Gasteiger partial charge in [0.1, 0.15) is 29.5 Å². The number of benzene rings is 2. The van der Waals surface area contributed by atoms with Gasteiger partial charge in [0.15, 0.2) is 0 Å². The highest BCUT2D eigenvalue weighted by atomic mass is 19.1. The number of aromatic nitrogens is 1. The second kappa shape index (κ2) is 8.90. The lowest BCUT2D eigenvalue weighted by atomic mass is 10.0. The van der Waals surface area contributed by atoms with Crippen LogP contribution in [0.4, 0.5) is 4.39 Å². The van der Waals surface area contributed by atoms with Gasteiger partial charge in [-0.25, -0.2) is 9.37 Å². The average molecular weight is 385 g/mol. The summed E-state index contributed by atoms with van der Waals surface area (Å²) < 4.78 is 18.6. The van der Waals surface area contributed by atoms with Gasteiger partial charge in [-0.1, -0.05) is 0 Å². The molecule has 146 valence electrons. The standard InChI is InChI=1S/C21H20FNO5/c22-15-3-7-17(8-4-15)28-16-5-1-13(2-6-16)18-9-14(20(26)11-24)10-19(23-18)21(27)12-25/h1-10,20-21,24-27H,11-12H2/t20-,21-/m0/s1. The fraction of sp³-hybridized carbons (Fsp3) is 0.190. The molecule has 3 rings (SSSR count). The summed E-state index contributed by atoms with van der Waals surface area (Å²) in [6, 6.07) is 15.6. The molecule has 0 unspecified atom stereocenters. The molecule has 1 heterocycles. The summed E-state index contributed by atoms with van der Waals surface area (Å²) in [5.41, 5.74) is 1.71. The van der Waals surface area contributed by atoms with Gasteiger partial charge in [-0.3, -0.25) is 0 Å². The van der Waals surface area contributed by atoms with Crippen molar-refractivity contribution in [3.63, 3.8) is 0 Å². The number of ether oxygens (including phenoxy) is 1. The molecular formula is C21H20FNO5. The maximum absolute atomic E-state index is 13.0. The fourth-order valence-corrected chi connectivity index (χ4v) is 2.62. The molecule has 0 aliphatic rings. The van der Waals surface area contributed by atoms with E-state index in [0.29, 0.717) is 28.3 Å². The quantitative estimate of drug-likeness (QED) is 0.499. The van der Waals surface area contributed by atoms with Crippen LogP contribution in [0.2, 0.25) is 0 Å². The van der Waals surface area contributed by atoms with Crippen molar-refractivity contribution < 1.29 is 29.6 Å². The van der Waals surface area contributed by atoms with E-state index in [4.69, 9.17) is 4.74 Å². The lowest BCUT2D eigenvalue weighted by Gasteiger charge is -2.15. The van der Waals surface area contributed by atoms with E-state index in [1.807, 2.05) is 0 Å². The molecular weight excluding hydrogens is 365 g/mol. The molecule has 0 spiro atoms. The molecule has 3 aromatic rings. The second-order valence-electron chi connectivity index (χ2n) is 6.19. The van der Waals surface area contributed by atoms with Gasteiger partial charge in [0.2, 0.25) is 0 Å². The van der Waals surface area contributed by atoms with Crippen molar-refractivity contribution in [2.45, 2.75) is 12.2 Å². The first-order valence-corrected chi connectivity index (χ1v) is 8.63. The predicted octanol–water partition coefficient (Wildman–Crippen LogP) is 2.73. The smallest absolute Gasteiger partial charge is 0.127 e. The molecule has 1 aromatic heterocycles. The maximum atomic E-state index is 13.0. The summed E-state index contributed by atoms with van der Waals surface area (Å²) in [5, 5.41) is 38.2. The molecule has 0 amide bonds. The molecule has 0 bridgehead atoms. The van der Waals surface area contributed by atoms with Crippen LogP contribution in [0.3, 0.4) is 0 Å². The Bertz CT molecular complexity index is 887. The molecule has 0 saturated carbocycles. The van der Waals surface area contributed by atoms with E-state index in [-0.39, 0.29) is 11.5 Å². The molecule has 6 nitrogen and oxygen atoms in total. The van der Waals surface area contributed by atoms with Crippen LogP contribution >= 0.6 is 0 Å². The van der Waals surface area contributed by atoms with E-state index in [1.165, 1.54) is 30.3 Å². The fourth-order valence-electron chi connectivity index (χ4n) is 2.62. The van der Waals surface area contributed by atoms with Crippen LogP contribution in [0, 0.1) is 5.82 Å². The van der Waals surface area contributed by atoms with E-state index >= 15 is 0 Å². The summed E-state index contributed by atoms with van der Waals surface area (Å²) in [5.74, 6) is 0.686. The Morgan fingerprint density at radius 1 is 0.821 bits per heavy atom. The van der Waals surface area contributed by atoms with E-state index in [1.54, 1.807) is 30.3 Å². The van der Waals surface area contributed by atoms with Gasteiger partial charge < -0.3 is 25.2 Å². The van der Waals surface area contributed by atoms with Gasteiger partial charge in [0.05, 0.1) is 24.6 Å². The van der Waals surface area contributed by atoms with Crippen LogP contribution in [-0.4, -0.2) is 38.6 Å². The normalized spacial score (nSPS) is 13.2. The Morgan fingerprint density at radius 2 is 1.39 bits per heavy atom. The van der Waals surface area contributed by atoms with Crippen LogP contribution in [0.1, 0.15) is 23.5 Å². The topological polar surface area (TPSA) is 103 Å². The number of hydrogen-bond donors (Lipinski definition) is 4. The van der Waals surface area contributed by atoms with Crippen molar-refractivity contribution in [2.24, 2.45) is 0 Å². The van der Waals surface area contributed by atoms with E-state index in [0.717, 1.165) is 0 Å². The Labute approximate surface area is 161 Å². The first kappa shape index (κ1) is 19.9. The van der Waals surface area contributed by atoms with Gasteiger partial charge in [-0.2, -0.15) is 0 Å². The molecule has 0 aliphatic carbocycles. The molecule has 28 heavy (non-hydrogen) atoms. The zero-order valence-electron chi connectivity index (χ0n) is 14.9. The minimum Gasteiger partial charge on any atom is -0.457 e. The van der Waals surface area contributed by atoms with E-state index in [2.05, 4.69) is 4.98 Å². The highest BCUT2D eigenvalue weighted by Gasteiger charge is 2.15. The predicted molar refractivity (Wildman–Crippen MR) is 100 cm³/mol. The third-order valence-electron chi connectivity index (χ3n) is 4.14. The Morgan fingerprint density at radius 3 is 1.96 bits per heavy atom. The number of hydrogen-bond acceptors (Lipinski definition) is 6. The zero-order valence-corrected chi connectivity index (χ0v) is 14.9. The minimum atomic E-state index is -1.20. The number of aliphatic hydroxyl groups is 4. The van der Waals surface area contributed by atoms with E-state index in [9.17, 15) is 24.8 Å². The van der Waals surface area contributed by atoms with Crippen LogP contribution in [0.25, 0.3) is 11.3 Å². The molecule has 4 N–H and O–H groups in total. The number of aliphatic hydroxyl groups excluding tert-OH is 4. The monoisotopic (exact) mass is 385 g/mol. The second-order valence-corrected chi connectivity index (χ2v) is 6.19. The van der Waals surface area contributed by atoms with Gasteiger partial charge in [0, 0.05) is 5.56 Å². The van der Waals surface area contributed by atoms with Crippen LogP contribution in [-0.2, 0) is 0 Å². The molecule has 2 atom stereocenters. The minimum absolute atomic E-state index is 0.189. The molecule has 2 aromatic carbocycles. The van der Waals surface area contributed by atoms with Gasteiger partial charge in [-0.15, -0.1) is 0 Å². The largest absolute Gasteiger partial charge is 0.457 e. The number of halogens is 1. The molecule has 0 aliphatic heterocycles. The highest BCUT2D eigenvalue weighted by Crippen LogP contribution is 2.28. The molecule has 0 fully saturated rings. The summed E-state index contributed by atoms with van der Waals surface area (Å²) in [4.78, 5) is 4.33. The number of rotatable bonds is 7. The number of nitrogens with zero attached hydrogens (tertiary/aromatic N) is 1. The first-order valence-electron chi connectivity index (χ1n) is 8.63. The average Bonchev–Trinajstić information content (AvgIpc) is 2.74. The summed E-state index contributed by atoms with van der Waals surface area (Å²) in [7, 11) is 0.